The summed E-state index contributed by atoms with van der Waals surface area (Å²) in [6.07, 6.45) is 20.4. The van der Waals surface area contributed by atoms with Crippen LogP contribution in [0, 0.1) is 5.21 Å². The molecule has 0 aliphatic carbocycles. The molecule has 0 aromatic heterocycles. The van der Waals surface area contributed by atoms with Crippen LogP contribution in [-0.2, 0) is 4.79 Å². The molecule has 4 nitrogen and oxygen atoms in total. The van der Waals surface area contributed by atoms with Crippen molar-refractivity contribution < 1.29 is 15.0 Å². The van der Waals surface area contributed by atoms with Gasteiger partial charge >= 0.3 is 5.97 Å². The molecule has 0 bridgehead atoms. The van der Waals surface area contributed by atoms with E-state index in [0.717, 1.165) is 38.5 Å². The summed E-state index contributed by atoms with van der Waals surface area (Å²) >= 11 is 0. The van der Waals surface area contributed by atoms with Gasteiger partial charge in [0.05, 0.1) is 12.1 Å². The lowest BCUT2D eigenvalue weighted by Gasteiger charge is -2.47. The zero-order valence-corrected chi connectivity index (χ0v) is 17.2. The number of hydroxylamine groups is 2. The van der Waals surface area contributed by atoms with E-state index in [1.165, 1.54) is 64.2 Å². The van der Waals surface area contributed by atoms with Gasteiger partial charge in [0.15, 0.2) is 0 Å². The summed E-state index contributed by atoms with van der Waals surface area (Å²) in [5.41, 5.74) is -0.188. The molecule has 2 unspecified atom stereocenters. The Morgan fingerprint density at radius 2 is 1.42 bits per heavy atom. The highest BCUT2D eigenvalue weighted by atomic mass is 16.5. The van der Waals surface area contributed by atoms with Crippen LogP contribution in [0.3, 0.4) is 0 Å². The lowest BCUT2D eigenvalue weighted by molar-refractivity contribution is -0.913. The molecule has 0 spiro atoms. The monoisotopic (exact) mass is 369 g/mol. The highest BCUT2D eigenvalue weighted by Crippen LogP contribution is 2.27. The average molecular weight is 370 g/mol. The molecule has 2 N–H and O–H groups in total. The molecular weight excluding hydrogens is 326 g/mol. The highest BCUT2D eigenvalue weighted by molar-refractivity contribution is 5.66. The van der Waals surface area contributed by atoms with Crippen molar-refractivity contribution in [2.24, 2.45) is 0 Å². The number of hydrogen-bond acceptors (Lipinski definition) is 2. The molecule has 1 aliphatic rings. The molecule has 0 aromatic carbocycles. The molecule has 2 atom stereocenters. The maximum Gasteiger partial charge on any atom is 0.303 e. The number of nitrogens with one attached hydrogen (secondary N) is 1. The van der Waals surface area contributed by atoms with Crippen molar-refractivity contribution in [3.63, 3.8) is 0 Å². The van der Waals surface area contributed by atoms with Crippen LogP contribution in [0.2, 0.25) is 0 Å². The first-order valence-electron chi connectivity index (χ1n) is 11.4. The van der Waals surface area contributed by atoms with E-state index in [1.807, 2.05) is 0 Å². The van der Waals surface area contributed by atoms with E-state index < -0.39 is 5.97 Å². The largest absolute Gasteiger partial charge is 0.634 e. The molecule has 26 heavy (non-hydrogen) atoms. The van der Waals surface area contributed by atoms with Crippen molar-refractivity contribution in [2.45, 2.75) is 128 Å². The van der Waals surface area contributed by atoms with E-state index in [0.29, 0.717) is 18.0 Å². The van der Waals surface area contributed by atoms with E-state index in [-0.39, 0.29) is 12.0 Å². The predicted octanol–water partition coefficient (Wildman–Crippen LogP) is 5.25. The predicted molar refractivity (Wildman–Crippen MR) is 108 cm³/mol. The first kappa shape index (κ1) is 23.4. The second kappa shape index (κ2) is 14.4. The summed E-state index contributed by atoms with van der Waals surface area (Å²) in [7, 11) is 0. The molecule has 0 saturated carbocycles. The van der Waals surface area contributed by atoms with E-state index in [9.17, 15) is 10.0 Å². The van der Waals surface area contributed by atoms with Crippen LogP contribution in [0.1, 0.15) is 122 Å². The quantitative estimate of drug-likeness (QED) is 0.288. The third-order valence-corrected chi connectivity index (χ3v) is 6.21. The molecule has 0 radical (unpaired) electrons. The summed E-state index contributed by atoms with van der Waals surface area (Å²) in [5, 5.41) is 21.9. The smallest absolute Gasteiger partial charge is 0.303 e. The Bertz CT molecular complexity index is 361. The maximum atomic E-state index is 12.6. The Morgan fingerprint density at radius 3 is 1.96 bits per heavy atom. The fraction of sp³-hybridized carbons (Fsp3) is 0.955. The molecular formula is C22H43NO3. The molecule has 1 aliphatic heterocycles. The minimum atomic E-state index is -0.738. The number of hydrogen-bond donors (Lipinski definition) is 2. The van der Waals surface area contributed by atoms with Crippen LogP contribution in [-0.4, -0.2) is 23.2 Å². The van der Waals surface area contributed by atoms with Crippen molar-refractivity contribution >= 4 is 5.97 Å². The van der Waals surface area contributed by atoms with Gasteiger partial charge in [-0.1, -0.05) is 71.1 Å². The van der Waals surface area contributed by atoms with Gasteiger partial charge in [0.25, 0.3) is 0 Å². The van der Waals surface area contributed by atoms with Crippen LogP contribution in [0.15, 0.2) is 0 Å². The molecule has 4 heteroatoms. The minimum absolute atomic E-state index is 0.188. The number of rotatable bonds is 16. The van der Waals surface area contributed by atoms with Crippen molar-refractivity contribution in [2.75, 3.05) is 6.54 Å². The highest BCUT2D eigenvalue weighted by Gasteiger charge is 2.37. The van der Waals surface area contributed by atoms with Crippen LogP contribution in [0.25, 0.3) is 0 Å². The van der Waals surface area contributed by atoms with Gasteiger partial charge in [0.1, 0.15) is 0 Å². The first-order valence-corrected chi connectivity index (χ1v) is 11.4. The lowest BCUT2D eigenvalue weighted by Crippen LogP contribution is -3.17. The Balaban J connectivity index is 2.14. The Labute approximate surface area is 161 Å². The summed E-state index contributed by atoms with van der Waals surface area (Å²) in [5.74, 6) is -0.738. The summed E-state index contributed by atoms with van der Waals surface area (Å²) in [6.45, 7) is 2.97. The molecule has 1 saturated heterocycles. The SMILES string of the molecule is CCCCCCCCCCCCCC1(CCCC(=O)O)CCCC[NH+]1[O-]. The number of carboxylic acids is 1. The number of quaternary nitrogens is 1. The Kier molecular flexibility index (Phi) is 13.0. The second-order valence-corrected chi connectivity index (χ2v) is 8.44. The van der Waals surface area contributed by atoms with Gasteiger partial charge in [-0.15, -0.1) is 0 Å². The van der Waals surface area contributed by atoms with Crippen molar-refractivity contribution in [1.29, 1.82) is 0 Å². The maximum absolute atomic E-state index is 12.6. The molecule has 154 valence electrons. The van der Waals surface area contributed by atoms with Crippen LogP contribution < -0.4 is 5.06 Å². The zero-order chi connectivity index (χ0) is 19.1. The third-order valence-electron chi connectivity index (χ3n) is 6.21. The standard InChI is InChI=1S/C22H43NO3/c1-2-3-4-5-6-7-8-9-10-11-12-17-22(19-15-16-21(24)25)18-13-14-20-23(22)26/h23H,2-20H2,1H3,(H,24,25). The van der Waals surface area contributed by atoms with Gasteiger partial charge in [-0.05, 0) is 25.7 Å². The van der Waals surface area contributed by atoms with Gasteiger partial charge in [0.2, 0.25) is 0 Å². The van der Waals surface area contributed by atoms with Gasteiger partial charge in [-0.2, -0.15) is 0 Å². The molecule has 1 heterocycles. The number of aliphatic carboxylic acids is 1. The first-order chi connectivity index (χ1) is 12.6. The molecule has 0 aromatic rings. The van der Waals surface area contributed by atoms with E-state index in [4.69, 9.17) is 5.11 Å². The third kappa shape index (κ3) is 9.91. The van der Waals surface area contributed by atoms with Gasteiger partial charge < -0.3 is 15.4 Å². The normalized spacial score (nSPS) is 23.2. The van der Waals surface area contributed by atoms with Crippen molar-refractivity contribution in [3.8, 4) is 0 Å². The lowest BCUT2D eigenvalue weighted by atomic mass is 9.79. The fourth-order valence-corrected chi connectivity index (χ4v) is 4.51. The molecule has 0 amide bonds. The topological polar surface area (TPSA) is 64.8 Å². The Morgan fingerprint density at radius 1 is 0.885 bits per heavy atom. The van der Waals surface area contributed by atoms with E-state index >= 15 is 0 Å². The molecule has 1 fully saturated rings. The molecule has 1 rings (SSSR count). The van der Waals surface area contributed by atoms with Crippen LogP contribution >= 0.6 is 0 Å². The van der Waals surface area contributed by atoms with Crippen molar-refractivity contribution in [3.05, 3.63) is 5.21 Å². The minimum Gasteiger partial charge on any atom is -0.634 e. The fourth-order valence-electron chi connectivity index (χ4n) is 4.51. The summed E-state index contributed by atoms with van der Waals surface area (Å²) in [6, 6.07) is 0. The number of unbranched alkanes of at least 4 members (excludes halogenated alkanes) is 10. The Hall–Kier alpha value is -0.610. The zero-order valence-electron chi connectivity index (χ0n) is 17.2. The van der Waals surface area contributed by atoms with Gasteiger partial charge in [-0.25, -0.2) is 0 Å². The number of carbonyl (C=O) groups is 1. The van der Waals surface area contributed by atoms with E-state index in [1.54, 1.807) is 0 Å². The van der Waals surface area contributed by atoms with Crippen LogP contribution in [0.4, 0.5) is 0 Å². The number of carboxylic acid groups (broad SMARTS) is 1. The second-order valence-electron chi connectivity index (χ2n) is 8.44. The van der Waals surface area contributed by atoms with Gasteiger partial charge in [-0.3, -0.25) is 4.79 Å². The number of piperidine rings is 1. The van der Waals surface area contributed by atoms with Crippen LogP contribution in [0.5, 0.6) is 0 Å². The van der Waals surface area contributed by atoms with E-state index in [2.05, 4.69) is 6.92 Å². The van der Waals surface area contributed by atoms with Gasteiger partial charge in [0, 0.05) is 25.7 Å². The summed E-state index contributed by atoms with van der Waals surface area (Å²) < 4.78 is 0. The summed E-state index contributed by atoms with van der Waals surface area (Å²) in [4.78, 5) is 10.8. The average Bonchev–Trinajstić information content (AvgIpc) is 2.61. The van der Waals surface area contributed by atoms with Crippen molar-refractivity contribution in [1.82, 2.24) is 0 Å².